The molecule has 6 rings (SSSR count). The number of hydrogen-bond acceptors (Lipinski definition) is 8. The first-order valence-corrected chi connectivity index (χ1v) is 13.2. The molecule has 1 amide bonds. The fourth-order valence-corrected chi connectivity index (χ4v) is 5.38. The smallest absolute Gasteiger partial charge is 0.257 e. The number of benzene rings is 2. The molecule has 1 fully saturated rings. The highest BCUT2D eigenvalue weighted by Gasteiger charge is 2.25. The number of rotatable bonds is 6. The summed E-state index contributed by atoms with van der Waals surface area (Å²) < 4.78 is 18.0. The fourth-order valence-electron chi connectivity index (χ4n) is 5.38. The van der Waals surface area contributed by atoms with Crippen molar-refractivity contribution in [3.8, 4) is 0 Å². The Morgan fingerprint density at radius 3 is 2.62 bits per heavy atom. The van der Waals surface area contributed by atoms with Crippen LogP contribution in [-0.2, 0) is 20.6 Å². The third kappa shape index (κ3) is 5.05. The number of fused-ring (bicyclic) bond motifs is 2. The Balaban J connectivity index is 1.37. The summed E-state index contributed by atoms with van der Waals surface area (Å²) in [4.78, 5) is 25.2. The maximum atomic E-state index is 14.7. The number of amides is 1. The maximum Gasteiger partial charge on any atom is 0.257 e. The zero-order valence-corrected chi connectivity index (χ0v) is 22.8. The molecule has 0 radical (unpaired) electrons. The lowest BCUT2D eigenvalue weighted by Crippen LogP contribution is -2.54. The van der Waals surface area contributed by atoms with Gasteiger partial charge in [0.2, 0.25) is 5.95 Å². The molecule has 1 aliphatic rings. The molecule has 1 saturated heterocycles. The van der Waals surface area contributed by atoms with Gasteiger partial charge in [-0.2, -0.15) is 10.2 Å². The summed E-state index contributed by atoms with van der Waals surface area (Å²) >= 11 is 0. The summed E-state index contributed by atoms with van der Waals surface area (Å²) in [6, 6.07) is 9.23. The molecular weight excluding hydrogens is 511 g/mol. The van der Waals surface area contributed by atoms with E-state index in [2.05, 4.69) is 49.9 Å². The van der Waals surface area contributed by atoms with Crippen molar-refractivity contribution in [3.63, 3.8) is 0 Å². The van der Waals surface area contributed by atoms with Crippen molar-refractivity contribution < 1.29 is 9.18 Å². The first kappa shape index (κ1) is 25.7. The van der Waals surface area contributed by atoms with Crippen molar-refractivity contribution in [2.45, 2.75) is 32.5 Å². The van der Waals surface area contributed by atoms with Gasteiger partial charge in [-0.3, -0.25) is 14.2 Å². The standard InChI is InChI=1S/C28H31FN10O/c1-16-13-39(14-17(2)32-16)24-6-5-21(27(40)33-20-9-18-15-38(4)36-25(18)23(29)10-20)26-22(24)12-31-28(34-26)30-11-19-7-8-37(3)35-19/h5-10,12,15-17,32H,11,13-14H2,1-4H3,(H,33,40)(H,30,31,34). The monoisotopic (exact) mass is 542 g/mol. The molecule has 2 atom stereocenters. The van der Waals surface area contributed by atoms with Gasteiger partial charge < -0.3 is 20.9 Å². The third-order valence-electron chi connectivity index (χ3n) is 7.00. The quantitative estimate of drug-likeness (QED) is 0.299. The highest BCUT2D eigenvalue weighted by atomic mass is 19.1. The molecular formula is C28H31FN10O. The van der Waals surface area contributed by atoms with Gasteiger partial charge in [-0.05, 0) is 44.2 Å². The molecule has 206 valence electrons. The van der Waals surface area contributed by atoms with Gasteiger partial charge in [-0.25, -0.2) is 14.4 Å². The summed E-state index contributed by atoms with van der Waals surface area (Å²) in [7, 11) is 3.59. The molecule has 2 aromatic carbocycles. The summed E-state index contributed by atoms with van der Waals surface area (Å²) in [6.07, 6.45) is 5.34. The molecule has 5 aromatic rings. The summed E-state index contributed by atoms with van der Waals surface area (Å²) in [6.45, 7) is 6.37. The van der Waals surface area contributed by atoms with E-state index in [1.807, 2.05) is 25.4 Å². The van der Waals surface area contributed by atoms with E-state index >= 15 is 0 Å². The van der Waals surface area contributed by atoms with Crippen LogP contribution in [0.5, 0.6) is 0 Å². The molecule has 3 aromatic heterocycles. The second kappa shape index (κ2) is 10.2. The SMILES string of the molecule is CC1CN(c2ccc(C(=O)Nc3cc(F)c4nn(C)cc4c3)c3nc(NCc4ccn(C)n4)ncc23)CC(C)N1. The number of nitrogens with zero attached hydrogens (tertiary/aromatic N) is 7. The Morgan fingerprint density at radius 2 is 1.88 bits per heavy atom. The first-order valence-electron chi connectivity index (χ1n) is 13.2. The van der Waals surface area contributed by atoms with Crippen LogP contribution >= 0.6 is 0 Å². The lowest BCUT2D eigenvalue weighted by molar-refractivity contribution is 0.102. The second-order valence-electron chi connectivity index (χ2n) is 10.4. The topological polar surface area (TPSA) is 118 Å². The number of anilines is 3. The van der Waals surface area contributed by atoms with Gasteiger partial charge in [0.15, 0.2) is 5.82 Å². The van der Waals surface area contributed by atoms with Crippen molar-refractivity contribution in [2.75, 3.05) is 28.6 Å². The minimum absolute atomic E-state index is 0.256. The van der Waals surface area contributed by atoms with E-state index in [9.17, 15) is 9.18 Å². The van der Waals surface area contributed by atoms with Crippen LogP contribution in [0.4, 0.5) is 21.7 Å². The predicted molar refractivity (Wildman–Crippen MR) is 153 cm³/mol. The minimum atomic E-state index is -0.501. The summed E-state index contributed by atoms with van der Waals surface area (Å²) in [5.74, 6) is -0.510. The third-order valence-corrected chi connectivity index (χ3v) is 7.00. The van der Waals surface area contributed by atoms with E-state index in [0.717, 1.165) is 29.9 Å². The average molecular weight is 543 g/mol. The Kier molecular flexibility index (Phi) is 6.54. The zero-order valence-electron chi connectivity index (χ0n) is 22.8. The summed E-state index contributed by atoms with van der Waals surface area (Å²) in [5, 5.41) is 19.5. The highest BCUT2D eigenvalue weighted by Crippen LogP contribution is 2.31. The molecule has 0 bridgehead atoms. The number of piperazine rings is 1. The van der Waals surface area contributed by atoms with Gasteiger partial charge in [0.1, 0.15) is 5.52 Å². The number of hydrogen-bond donors (Lipinski definition) is 3. The van der Waals surface area contributed by atoms with Crippen molar-refractivity contribution in [1.82, 2.24) is 34.8 Å². The number of carbonyl (C=O) groups is 1. The summed E-state index contributed by atoms with van der Waals surface area (Å²) in [5.41, 5.74) is 3.28. The highest BCUT2D eigenvalue weighted by molar-refractivity contribution is 6.14. The molecule has 40 heavy (non-hydrogen) atoms. The molecule has 0 aliphatic carbocycles. The molecule has 0 saturated carbocycles. The van der Waals surface area contributed by atoms with Crippen LogP contribution in [0.2, 0.25) is 0 Å². The lowest BCUT2D eigenvalue weighted by Gasteiger charge is -2.38. The van der Waals surface area contributed by atoms with Gasteiger partial charge in [-0.1, -0.05) is 0 Å². The normalized spacial score (nSPS) is 17.5. The second-order valence-corrected chi connectivity index (χ2v) is 10.4. The largest absolute Gasteiger partial charge is 0.368 e. The van der Waals surface area contributed by atoms with E-state index in [4.69, 9.17) is 4.98 Å². The van der Waals surface area contributed by atoms with Crippen LogP contribution in [0, 0.1) is 5.82 Å². The lowest BCUT2D eigenvalue weighted by atomic mass is 10.0. The fraction of sp³-hybridized carbons (Fsp3) is 0.321. The van der Waals surface area contributed by atoms with Gasteiger partial charge in [0.05, 0.1) is 23.3 Å². The molecule has 11 nitrogen and oxygen atoms in total. The number of aryl methyl sites for hydroxylation is 2. The van der Waals surface area contributed by atoms with Gasteiger partial charge in [0, 0.05) is 80.0 Å². The first-order chi connectivity index (χ1) is 19.2. The Hall–Kier alpha value is -4.58. The number of nitrogens with one attached hydrogen (secondary N) is 3. The van der Waals surface area contributed by atoms with Crippen LogP contribution in [0.25, 0.3) is 21.8 Å². The van der Waals surface area contributed by atoms with Crippen molar-refractivity contribution in [3.05, 3.63) is 66.0 Å². The predicted octanol–water partition coefficient (Wildman–Crippen LogP) is 3.44. The van der Waals surface area contributed by atoms with Crippen LogP contribution in [0.15, 0.2) is 48.9 Å². The van der Waals surface area contributed by atoms with E-state index in [0.29, 0.717) is 46.7 Å². The van der Waals surface area contributed by atoms with Crippen molar-refractivity contribution in [1.29, 1.82) is 0 Å². The zero-order chi connectivity index (χ0) is 28.0. The van der Waals surface area contributed by atoms with Crippen molar-refractivity contribution >= 4 is 45.0 Å². The maximum absolute atomic E-state index is 14.7. The molecule has 0 spiro atoms. The van der Waals surface area contributed by atoms with Crippen molar-refractivity contribution in [2.24, 2.45) is 14.1 Å². The van der Waals surface area contributed by atoms with Gasteiger partial charge in [-0.15, -0.1) is 0 Å². The van der Waals surface area contributed by atoms with Gasteiger partial charge >= 0.3 is 0 Å². The Morgan fingerprint density at radius 1 is 1.07 bits per heavy atom. The number of aromatic nitrogens is 6. The van der Waals surface area contributed by atoms with Crippen LogP contribution in [0.3, 0.4) is 0 Å². The number of carbonyl (C=O) groups excluding carboxylic acids is 1. The van der Waals surface area contributed by atoms with E-state index in [1.165, 1.54) is 6.07 Å². The average Bonchev–Trinajstić information content (AvgIpc) is 3.50. The number of halogens is 1. The molecule has 1 aliphatic heterocycles. The molecule has 2 unspecified atom stereocenters. The van der Waals surface area contributed by atoms with Gasteiger partial charge in [0.25, 0.3) is 5.91 Å². The van der Waals surface area contributed by atoms with E-state index in [-0.39, 0.29) is 5.52 Å². The van der Waals surface area contributed by atoms with E-state index < -0.39 is 11.7 Å². The molecule has 3 N–H and O–H groups in total. The molecule has 12 heteroatoms. The molecule has 4 heterocycles. The van der Waals surface area contributed by atoms with Crippen LogP contribution in [0.1, 0.15) is 29.9 Å². The van der Waals surface area contributed by atoms with Crippen LogP contribution < -0.4 is 20.9 Å². The van der Waals surface area contributed by atoms with E-state index in [1.54, 1.807) is 40.9 Å². The Labute approximate surface area is 230 Å². The van der Waals surface area contributed by atoms with Crippen LogP contribution in [-0.4, -0.2) is 60.6 Å². The minimum Gasteiger partial charge on any atom is -0.368 e. The Bertz CT molecular complexity index is 1720.